The van der Waals surface area contributed by atoms with Gasteiger partial charge in [0.25, 0.3) is 0 Å². The van der Waals surface area contributed by atoms with E-state index in [1.54, 1.807) is 0 Å². The summed E-state index contributed by atoms with van der Waals surface area (Å²) in [7, 11) is 0. The number of esters is 1. The van der Waals surface area contributed by atoms with Gasteiger partial charge in [0, 0.05) is 32.1 Å². The molecule has 1 aliphatic rings. The largest absolute Gasteiger partial charge is 0.459 e. The van der Waals surface area contributed by atoms with E-state index in [1.165, 1.54) is 4.90 Å². The molecule has 0 saturated carbocycles. The van der Waals surface area contributed by atoms with Crippen LogP contribution in [0.3, 0.4) is 0 Å². The molecule has 1 saturated heterocycles. The summed E-state index contributed by atoms with van der Waals surface area (Å²) in [6.45, 7) is 4.76. The second-order valence-electron chi connectivity index (χ2n) is 6.44. The summed E-state index contributed by atoms with van der Waals surface area (Å²) < 4.78 is 9.52. The van der Waals surface area contributed by atoms with Crippen LogP contribution in [0.15, 0.2) is 12.7 Å². The molecular weight excluding hydrogens is 366 g/mol. The van der Waals surface area contributed by atoms with Gasteiger partial charge >= 0.3 is 18.1 Å². The Morgan fingerprint density at radius 1 is 0.964 bits per heavy atom. The monoisotopic (exact) mass is 397 g/mol. The fourth-order valence-electron chi connectivity index (χ4n) is 2.67. The van der Waals surface area contributed by atoms with Crippen molar-refractivity contribution in [3.63, 3.8) is 0 Å². The summed E-state index contributed by atoms with van der Waals surface area (Å²) in [5.41, 5.74) is 0. The number of carbonyl (C=O) groups excluding carboxylic acids is 4. The Kier molecular flexibility index (Phi) is 12.1. The minimum atomic E-state index is -0.557. The minimum Gasteiger partial charge on any atom is -0.459 e. The molecule has 0 spiro atoms. The van der Waals surface area contributed by atoms with E-state index in [2.05, 4.69) is 21.9 Å². The van der Waals surface area contributed by atoms with Crippen molar-refractivity contribution in [3.8, 4) is 0 Å². The van der Waals surface area contributed by atoms with Crippen LogP contribution in [0.5, 0.6) is 0 Å². The molecule has 0 aromatic carbocycles. The van der Waals surface area contributed by atoms with Gasteiger partial charge in [-0.15, -0.1) is 0 Å². The van der Waals surface area contributed by atoms with Crippen LogP contribution in [0.4, 0.5) is 9.59 Å². The van der Waals surface area contributed by atoms with Crippen LogP contribution >= 0.6 is 0 Å². The highest BCUT2D eigenvalue weighted by molar-refractivity contribution is 5.94. The molecule has 2 N–H and O–H groups in total. The van der Waals surface area contributed by atoms with E-state index >= 15 is 0 Å². The third-order valence-corrected chi connectivity index (χ3v) is 4.20. The first-order chi connectivity index (χ1) is 13.5. The van der Waals surface area contributed by atoms with E-state index < -0.39 is 12.1 Å². The van der Waals surface area contributed by atoms with Gasteiger partial charge in [-0.3, -0.25) is 9.69 Å². The predicted molar refractivity (Wildman–Crippen MR) is 103 cm³/mol. The van der Waals surface area contributed by atoms with Crippen LogP contribution in [-0.2, 0) is 19.1 Å². The van der Waals surface area contributed by atoms with Crippen LogP contribution in [-0.4, -0.2) is 61.7 Å². The maximum atomic E-state index is 12.0. The van der Waals surface area contributed by atoms with Crippen molar-refractivity contribution in [2.45, 2.75) is 51.4 Å². The Morgan fingerprint density at radius 3 is 2.36 bits per heavy atom. The molecule has 1 heterocycles. The molecule has 9 nitrogen and oxygen atoms in total. The van der Waals surface area contributed by atoms with E-state index in [-0.39, 0.29) is 25.2 Å². The number of amides is 4. The molecular formula is C19H31N3O6. The molecule has 4 amide bonds. The third-order valence-electron chi connectivity index (χ3n) is 4.20. The number of urea groups is 1. The molecule has 0 atom stereocenters. The summed E-state index contributed by atoms with van der Waals surface area (Å²) in [5, 5.41) is 5.41. The number of alkyl carbamates (subject to hydrolysis) is 1. The molecule has 0 aromatic rings. The van der Waals surface area contributed by atoms with Crippen molar-refractivity contribution < 1.29 is 28.7 Å². The van der Waals surface area contributed by atoms with Gasteiger partial charge in [-0.1, -0.05) is 25.8 Å². The van der Waals surface area contributed by atoms with Gasteiger partial charge in [-0.05, 0) is 25.7 Å². The fraction of sp³-hybridized carbons (Fsp3) is 0.684. The quantitative estimate of drug-likeness (QED) is 0.314. The third kappa shape index (κ3) is 10.5. The van der Waals surface area contributed by atoms with Gasteiger partial charge in [0.05, 0.1) is 0 Å². The topological polar surface area (TPSA) is 114 Å². The van der Waals surface area contributed by atoms with Crippen LogP contribution in [0, 0.1) is 0 Å². The number of unbranched alkanes of at least 4 members (excludes halogenated alkanes) is 3. The average Bonchev–Trinajstić information content (AvgIpc) is 2.91. The van der Waals surface area contributed by atoms with Crippen LogP contribution in [0.25, 0.3) is 0 Å². The normalized spacial score (nSPS) is 14.0. The van der Waals surface area contributed by atoms with E-state index in [9.17, 15) is 19.2 Å². The number of hydrogen-bond acceptors (Lipinski definition) is 6. The molecule has 158 valence electrons. The zero-order valence-corrected chi connectivity index (χ0v) is 16.4. The summed E-state index contributed by atoms with van der Waals surface area (Å²) in [6.07, 6.45) is 7.05. The van der Waals surface area contributed by atoms with Crippen molar-refractivity contribution in [1.82, 2.24) is 15.5 Å². The Hall–Kier alpha value is -2.58. The zero-order chi connectivity index (χ0) is 20.6. The van der Waals surface area contributed by atoms with Gasteiger partial charge in [0.2, 0.25) is 5.91 Å². The fourth-order valence-corrected chi connectivity index (χ4v) is 2.67. The van der Waals surface area contributed by atoms with Crippen molar-refractivity contribution in [1.29, 1.82) is 0 Å². The van der Waals surface area contributed by atoms with Gasteiger partial charge < -0.3 is 20.1 Å². The van der Waals surface area contributed by atoms with Gasteiger partial charge in [-0.2, -0.15) is 0 Å². The number of likely N-dealkylation sites (tertiary alicyclic amines) is 1. The SMILES string of the molecule is C=CC(=O)OCCOC(=O)NCCCCCCNC(=O)N1CCCCCC1=O. The van der Waals surface area contributed by atoms with Crippen LogP contribution < -0.4 is 10.6 Å². The predicted octanol–water partition coefficient (Wildman–Crippen LogP) is 2.11. The molecule has 0 radical (unpaired) electrons. The first kappa shape index (κ1) is 23.5. The van der Waals surface area contributed by atoms with E-state index in [4.69, 9.17) is 4.74 Å². The lowest BCUT2D eigenvalue weighted by atomic mass is 10.2. The summed E-state index contributed by atoms with van der Waals surface area (Å²) in [6, 6.07) is -0.296. The molecule has 0 unspecified atom stereocenters. The standard InChI is InChI=1S/C19H31N3O6/c1-2-17(24)27-14-15-28-19(26)21-12-8-4-3-7-11-20-18(25)22-13-9-5-6-10-16(22)23/h2H,1,3-15H2,(H,20,25)(H,21,26). The smallest absolute Gasteiger partial charge is 0.407 e. The maximum Gasteiger partial charge on any atom is 0.407 e. The molecule has 28 heavy (non-hydrogen) atoms. The Balaban J connectivity index is 1.95. The minimum absolute atomic E-state index is 0.00693. The van der Waals surface area contributed by atoms with Gasteiger partial charge in [0.1, 0.15) is 13.2 Å². The van der Waals surface area contributed by atoms with E-state index in [0.29, 0.717) is 26.1 Å². The van der Waals surface area contributed by atoms with Crippen molar-refractivity contribution >= 4 is 24.0 Å². The lowest BCUT2D eigenvalue weighted by Crippen LogP contribution is -2.43. The summed E-state index contributed by atoms with van der Waals surface area (Å²) in [5.74, 6) is -0.648. The maximum absolute atomic E-state index is 12.0. The van der Waals surface area contributed by atoms with Gasteiger partial charge in [-0.25, -0.2) is 14.4 Å². The Morgan fingerprint density at radius 2 is 1.64 bits per heavy atom. The van der Waals surface area contributed by atoms with Gasteiger partial charge in [0.15, 0.2) is 0 Å². The highest BCUT2D eigenvalue weighted by atomic mass is 16.6. The highest BCUT2D eigenvalue weighted by Gasteiger charge is 2.22. The molecule has 9 heteroatoms. The number of rotatable bonds is 11. The second kappa shape index (κ2) is 14.5. The number of carbonyl (C=O) groups is 4. The van der Waals surface area contributed by atoms with E-state index in [1.807, 2.05) is 0 Å². The lowest BCUT2D eigenvalue weighted by Gasteiger charge is -2.18. The first-order valence-electron chi connectivity index (χ1n) is 9.82. The van der Waals surface area contributed by atoms with Crippen molar-refractivity contribution in [2.24, 2.45) is 0 Å². The molecule has 0 aromatic heterocycles. The number of nitrogens with one attached hydrogen (secondary N) is 2. The second-order valence-corrected chi connectivity index (χ2v) is 6.44. The van der Waals surface area contributed by atoms with Crippen LogP contribution in [0.1, 0.15) is 51.4 Å². The van der Waals surface area contributed by atoms with Crippen LogP contribution in [0.2, 0.25) is 0 Å². The number of imide groups is 1. The molecule has 1 fully saturated rings. The van der Waals surface area contributed by atoms with Crippen molar-refractivity contribution in [3.05, 3.63) is 12.7 Å². The number of ether oxygens (including phenoxy) is 2. The summed E-state index contributed by atoms with van der Waals surface area (Å²) in [4.78, 5) is 47.4. The zero-order valence-electron chi connectivity index (χ0n) is 16.4. The number of nitrogens with zero attached hydrogens (tertiary/aromatic N) is 1. The molecule has 1 aliphatic heterocycles. The molecule has 1 rings (SSSR count). The summed E-state index contributed by atoms with van der Waals surface area (Å²) >= 11 is 0. The van der Waals surface area contributed by atoms with E-state index in [0.717, 1.165) is 51.0 Å². The molecule has 0 bridgehead atoms. The Bertz CT molecular complexity index is 538. The highest BCUT2D eigenvalue weighted by Crippen LogP contribution is 2.11. The molecule has 0 aliphatic carbocycles. The average molecular weight is 397 g/mol. The Labute approximate surface area is 165 Å². The van der Waals surface area contributed by atoms with Crippen molar-refractivity contribution in [2.75, 3.05) is 32.8 Å². The lowest BCUT2D eigenvalue weighted by molar-refractivity contribution is -0.138. The number of hydrogen-bond donors (Lipinski definition) is 2. The first-order valence-corrected chi connectivity index (χ1v) is 9.82.